The zero-order chi connectivity index (χ0) is 14.4. The SMILES string of the molecule is CCCc1nc(N(C)C(C)C)sc1CNCC(C)C. The number of aromatic nitrogens is 1. The highest BCUT2D eigenvalue weighted by molar-refractivity contribution is 7.15. The molecule has 0 aliphatic heterocycles. The van der Waals surface area contributed by atoms with Gasteiger partial charge in [0.2, 0.25) is 0 Å². The van der Waals surface area contributed by atoms with Gasteiger partial charge in [0.1, 0.15) is 0 Å². The van der Waals surface area contributed by atoms with Crippen molar-refractivity contribution in [2.45, 2.75) is 60.0 Å². The van der Waals surface area contributed by atoms with E-state index in [4.69, 9.17) is 4.98 Å². The smallest absolute Gasteiger partial charge is 0.185 e. The molecule has 4 heteroatoms. The van der Waals surface area contributed by atoms with E-state index in [-0.39, 0.29) is 0 Å². The minimum atomic E-state index is 0.497. The standard InChI is InChI=1S/C15H29N3S/c1-7-8-13-14(10-16-9-11(2)3)19-15(17-13)18(6)12(4)5/h11-12,16H,7-10H2,1-6H3. The van der Waals surface area contributed by atoms with Crippen molar-refractivity contribution in [3.8, 4) is 0 Å². The molecule has 19 heavy (non-hydrogen) atoms. The first-order valence-corrected chi connectivity index (χ1v) is 8.19. The van der Waals surface area contributed by atoms with Gasteiger partial charge in [0.05, 0.1) is 5.69 Å². The number of rotatable bonds is 8. The summed E-state index contributed by atoms with van der Waals surface area (Å²) in [4.78, 5) is 8.49. The lowest BCUT2D eigenvalue weighted by Gasteiger charge is -2.19. The lowest BCUT2D eigenvalue weighted by atomic mass is 10.2. The van der Waals surface area contributed by atoms with Gasteiger partial charge in [0.25, 0.3) is 0 Å². The Morgan fingerprint density at radius 3 is 2.47 bits per heavy atom. The third-order valence-electron chi connectivity index (χ3n) is 3.17. The van der Waals surface area contributed by atoms with E-state index < -0.39 is 0 Å². The monoisotopic (exact) mass is 283 g/mol. The zero-order valence-corrected chi connectivity index (χ0v) is 14.1. The van der Waals surface area contributed by atoms with Gasteiger partial charge >= 0.3 is 0 Å². The summed E-state index contributed by atoms with van der Waals surface area (Å²) in [5.41, 5.74) is 1.28. The molecule has 1 heterocycles. The molecule has 1 rings (SSSR count). The molecule has 0 atom stereocenters. The Kier molecular flexibility index (Phi) is 6.80. The molecule has 0 amide bonds. The second kappa shape index (κ2) is 7.85. The molecule has 0 aliphatic carbocycles. The molecule has 3 nitrogen and oxygen atoms in total. The van der Waals surface area contributed by atoms with Crippen molar-refractivity contribution in [2.24, 2.45) is 5.92 Å². The van der Waals surface area contributed by atoms with E-state index in [0.717, 1.165) is 31.1 Å². The number of thiazole rings is 1. The highest BCUT2D eigenvalue weighted by Crippen LogP contribution is 2.27. The Labute approximate surface area is 122 Å². The van der Waals surface area contributed by atoms with Crippen LogP contribution in [0.4, 0.5) is 5.13 Å². The molecule has 0 saturated carbocycles. The summed E-state index contributed by atoms with van der Waals surface area (Å²) in [6, 6.07) is 0.497. The number of anilines is 1. The molecule has 0 bridgehead atoms. The maximum absolute atomic E-state index is 4.82. The molecule has 0 aromatic carbocycles. The number of nitrogens with one attached hydrogen (secondary N) is 1. The molecule has 0 saturated heterocycles. The topological polar surface area (TPSA) is 28.2 Å². The second-order valence-electron chi connectivity index (χ2n) is 5.85. The van der Waals surface area contributed by atoms with Gasteiger partial charge in [-0.15, -0.1) is 11.3 Å². The summed E-state index contributed by atoms with van der Waals surface area (Å²) in [6.45, 7) is 13.1. The van der Waals surface area contributed by atoms with Crippen molar-refractivity contribution < 1.29 is 0 Å². The first-order valence-electron chi connectivity index (χ1n) is 7.37. The third kappa shape index (κ3) is 5.11. The maximum atomic E-state index is 4.82. The third-order valence-corrected chi connectivity index (χ3v) is 4.36. The van der Waals surface area contributed by atoms with Crippen molar-refractivity contribution in [3.63, 3.8) is 0 Å². The van der Waals surface area contributed by atoms with Gasteiger partial charge in [-0.2, -0.15) is 0 Å². The summed E-state index contributed by atoms with van der Waals surface area (Å²) in [6.07, 6.45) is 2.24. The van der Waals surface area contributed by atoms with Crippen LogP contribution in [0.3, 0.4) is 0 Å². The largest absolute Gasteiger partial charge is 0.349 e. The Morgan fingerprint density at radius 2 is 1.95 bits per heavy atom. The van der Waals surface area contributed by atoms with Crippen LogP contribution in [0, 0.1) is 5.92 Å². The Balaban J connectivity index is 2.76. The lowest BCUT2D eigenvalue weighted by Crippen LogP contribution is -2.25. The average molecular weight is 283 g/mol. The van der Waals surface area contributed by atoms with Crippen LogP contribution in [0.2, 0.25) is 0 Å². The molecule has 0 aliphatic rings. The van der Waals surface area contributed by atoms with Crippen molar-refractivity contribution in [3.05, 3.63) is 10.6 Å². The minimum Gasteiger partial charge on any atom is -0.349 e. The van der Waals surface area contributed by atoms with Crippen molar-refractivity contribution in [1.29, 1.82) is 0 Å². The van der Waals surface area contributed by atoms with E-state index in [2.05, 4.69) is 51.9 Å². The molecule has 0 unspecified atom stereocenters. The van der Waals surface area contributed by atoms with Gasteiger partial charge in [-0.05, 0) is 32.7 Å². The summed E-state index contributed by atoms with van der Waals surface area (Å²) in [5.74, 6) is 0.695. The number of hydrogen-bond acceptors (Lipinski definition) is 4. The van der Waals surface area contributed by atoms with Crippen LogP contribution in [0.1, 0.15) is 51.6 Å². The molecule has 110 valence electrons. The molecule has 1 aromatic rings. The fourth-order valence-electron chi connectivity index (χ4n) is 1.79. The van der Waals surface area contributed by atoms with Gasteiger partial charge in [-0.25, -0.2) is 4.98 Å². The predicted octanol–water partition coefficient (Wildman–Crippen LogP) is 3.69. The molecule has 0 spiro atoms. The lowest BCUT2D eigenvalue weighted by molar-refractivity contribution is 0.553. The first-order chi connectivity index (χ1) is 8.95. The molecule has 1 aromatic heterocycles. The second-order valence-corrected chi connectivity index (χ2v) is 6.91. The summed E-state index contributed by atoms with van der Waals surface area (Å²) >= 11 is 1.84. The quantitative estimate of drug-likeness (QED) is 0.789. The van der Waals surface area contributed by atoms with E-state index in [1.54, 1.807) is 0 Å². The summed E-state index contributed by atoms with van der Waals surface area (Å²) in [5, 5.41) is 4.69. The predicted molar refractivity (Wildman–Crippen MR) is 86.2 cm³/mol. The minimum absolute atomic E-state index is 0.497. The number of nitrogens with zero attached hydrogens (tertiary/aromatic N) is 2. The average Bonchev–Trinajstić information content (AvgIpc) is 2.71. The number of aryl methyl sites for hydroxylation is 1. The van der Waals surface area contributed by atoms with Crippen LogP contribution < -0.4 is 10.2 Å². The van der Waals surface area contributed by atoms with Gasteiger partial charge in [0.15, 0.2) is 5.13 Å². The van der Waals surface area contributed by atoms with Crippen LogP contribution in [0.15, 0.2) is 0 Å². The van der Waals surface area contributed by atoms with Crippen LogP contribution >= 0.6 is 11.3 Å². The Bertz CT molecular complexity index is 371. The van der Waals surface area contributed by atoms with E-state index in [1.165, 1.54) is 10.6 Å². The van der Waals surface area contributed by atoms with E-state index in [9.17, 15) is 0 Å². The molecular weight excluding hydrogens is 254 g/mol. The van der Waals surface area contributed by atoms with Crippen LogP contribution in [-0.4, -0.2) is 24.6 Å². The number of hydrogen-bond donors (Lipinski definition) is 1. The van der Waals surface area contributed by atoms with Crippen LogP contribution in [-0.2, 0) is 13.0 Å². The molecule has 0 fully saturated rings. The van der Waals surface area contributed by atoms with E-state index >= 15 is 0 Å². The first kappa shape index (κ1) is 16.4. The summed E-state index contributed by atoms with van der Waals surface area (Å²) < 4.78 is 0. The van der Waals surface area contributed by atoms with Crippen molar-refractivity contribution in [2.75, 3.05) is 18.5 Å². The fourth-order valence-corrected chi connectivity index (χ4v) is 2.96. The van der Waals surface area contributed by atoms with Gasteiger partial charge in [-0.1, -0.05) is 27.2 Å². The van der Waals surface area contributed by atoms with Gasteiger partial charge in [0, 0.05) is 24.5 Å². The Morgan fingerprint density at radius 1 is 1.26 bits per heavy atom. The van der Waals surface area contributed by atoms with Gasteiger partial charge in [-0.3, -0.25) is 0 Å². The highest BCUT2D eigenvalue weighted by Gasteiger charge is 2.15. The Hall–Kier alpha value is -0.610. The fraction of sp³-hybridized carbons (Fsp3) is 0.800. The van der Waals surface area contributed by atoms with Crippen molar-refractivity contribution >= 4 is 16.5 Å². The van der Waals surface area contributed by atoms with Crippen LogP contribution in [0.5, 0.6) is 0 Å². The molecule has 0 radical (unpaired) electrons. The zero-order valence-electron chi connectivity index (χ0n) is 13.3. The molecular formula is C15H29N3S. The van der Waals surface area contributed by atoms with Crippen LogP contribution in [0.25, 0.3) is 0 Å². The van der Waals surface area contributed by atoms with E-state index in [0.29, 0.717) is 12.0 Å². The normalized spacial score (nSPS) is 11.6. The molecule has 1 N–H and O–H groups in total. The van der Waals surface area contributed by atoms with E-state index in [1.807, 2.05) is 11.3 Å². The maximum Gasteiger partial charge on any atom is 0.185 e. The summed E-state index contributed by atoms with van der Waals surface area (Å²) in [7, 11) is 2.13. The highest BCUT2D eigenvalue weighted by atomic mass is 32.1. The van der Waals surface area contributed by atoms with Crippen molar-refractivity contribution in [1.82, 2.24) is 10.3 Å². The van der Waals surface area contributed by atoms with Gasteiger partial charge < -0.3 is 10.2 Å².